The van der Waals surface area contributed by atoms with Crippen molar-refractivity contribution in [2.24, 2.45) is 0 Å². The van der Waals surface area contributed by atoms with Gasteiger partial charge >= 0.3 is 0 Å². The Morgan fingerprint density at radius 1 is 0.724 bits per heavy atom. The molecule has 0 bridgehead atoms. The summed E-state index contributed by atoms with van der Waals surface area (Å²) < 4.78 is 28.6. The summed E-state index contributed by atoms with van der Waals surface area (Å²) in [4.78, 5) is 21.3. The van der Waals surface area contributed by atoms with Crippen LogP contribution >= 0.6 is 0 Å². The third-order valence-corrected chi connectivity index (χ3v) is 6.43. The molecule has 142 valence electrons. The highest BCUT2D eigenvalue weighted by molar-refractivity contribution is 7.90. The van der Waals surface area contributed by atoms with Crippen LogP contribution in [0.5, 0.6) is 0 Å². The van der Waals surface area contributed by atoms with E-state index in [9.17, 15) is 13.2 Å². The van der Waals surface area contributed by atoms with E-state index in [0.717, 1.165) is 3.97 Å². The molecule has 0 aliphatic heterocycles. The van der Waals surface area contributed by atoms with Crippen LogP contribution < -0.4 is 0 Å². The molecule has 0 unspecified atom stereocenters. The van der Waals surface area contributed by atoms with Crippen LogP contribution in [0.15, 0.2) is 90.3 Å². The fourth-order valence-electron chi connectivity index (χ4n) is 3.27. The Morgan fingerprint density at radius 2 is 1.31 bits per heavy atom. The number of rotatable bonds is 3. The van der Waals surface area contributed by atoms with Crippen LogP contribution in [0.2, 0.25) is 0 Å². The van der Waals surface area contributed by atoms with Gasteiger partial charge in [-0.15, -0.1) is 0 Å². The Kier molecular flexibility index (Phi) is 3.82. The molecule has 0 amide bonds. The summed E-state index contributed by atoms with van der Waals surface area (Å²) in [7, 11) is -3.83. The predicted octanol–water partition coefficient (Wildman–Crippen LogP) is 3.31. The molecule has 0 aliphatic rings. The number of para-hydroxylation sites is 4. The largest absolute Gasteiger partial charge is 0.269 e. The van der Waals surface area contributed by atoms with E-state index in [4.69, 9.17) is 0 Å². The monoisotopic (exact) mass is 402 g/mol. The summed E-state index contributed by atoms with van der Waals surface area (Å²) in [5.74, 6) is -0.282. The molecule has 0 spiro atoms. The number of hydrogen-bond donors (Lipinski definition) is 0. The molecule has 0 radical (unpaired) electrons. The van der Waals surface area contributed by atoms with Gasteiger partial charge in [-0.25, -0.2) is 22.4 Å². The molecule has 0 saturated heterocycles. The van der Waals surface area contributed by atoms with Crippen LogP contribution in [0.3, 0.4) is 0 Å². The molecule has 0 aliphatic carbocycles. The van der Waals surface area contributed by atoms with E-state index < -0.39 is 10.0 Å². The molecule has 0 saturated carbocycles. The van der Waals surface area contributed by atoms with Crippen molar-refractivity contribution in [3.63, 3.8) is 0 Å². The second kappa shape index (κ2) is 6.39. The lowest BCUT2D eigenvalue weighted by molar-refractivity contribution is 0.0964. The van der Waals surface area contributed by atoms with Crippen molar-refractivity contribution in [3.8, 4) is 0 Å². The second-order valence-electron chi connectivity index (χ2n) is 6.47. The first kappa shape index (κ1) is 17.3. The minimum atomic E-state index is -3.83. The van der Waals surface area contributed by atoms with Crippen LogP contribution in [-0.2, 0) is 10.0 Å². The van der Waals surface area contributed by atoms with Gasteiger partial charge in [0.15, 0.2) is 0 Å². The van der Waals surface area contributed by atoms with Crippen molar-refractivity contribution in [3.05, 3.63) is 91.0 Å². The zero-order chi connectivity index (χ0) is 20.0. The zero-order valence-corrected chi connectivity index (χ0v) is 15.8. The van der Waals surface area contributed by atoms with E-state index in [0.29, 0.717) is 27.6 Å². The van der Waals surface area contributed by atoms with Crippen molar-refractivity contribution in [1.82, 2.24) is 18.5 Å². The van der Waals surface area contributed by atoms with Gasteiger partial charge in [0.1, 0.15) is 12.7 Å². The Labute approximate surface area is 165 Å². The molecule has 0 N–H and O–H groups in total. The lowest BCUT2D eigenvalue weighted by Crippen LogP contribution is -2.13. The van der Waals surface area contributed by atoms with Gasteiger partial charge in [-0.1, -0.05) is 24.3 Å². The maximum absolute atomic E-state index is 13.0. The molecule has 2 aromatic heterocycles. The number of hydrogen-bond acceptors (Lipinski definition) is 5. The first-order valence-electron chi connectivity index (χ1n) is 8.80. The second-order valence-corrected chi connectivity index (χ2v) is 8.28. The van der Waals surface area contributed by atoms with Crippen LogP contribution in [-0.4, -0.2) is 32.8 Å². The van der Waals surface area contributed by atoms with Crippen molar-refractivity contribution in [2.75, 3.05) is 0 Å². The normalized spacial score (nSPS) is 11.9. The van der Waals surface area contributed by atoms with Crippen LogP contribution in [0.1, 0.15) is 10.4 Å². The van der Waals surface area contributed by atoms with Gasteiger partial charge < -0.3 is 0 Å². The molecule has 0 fully saturated rings. The third kappa shape index (κ3) is 2.73. The van der Waals surface area contributed by atoms with E-state index in [-0.39, 0.29) is 10.8 Å². The van der Waals surface area contributed by atoms with Crippen molar-refractivity contribution >= 4 is 38.0 Å². The minimum absolute atomic E-state index is 0.0766. The lowest BCUT2D eigenvalue weighted by Gasteiger charge is -2.08. The van der Waals surface area contributed by atoms with Gasteiger partial charge in [0.25, 0.3) is 15.9 Å². The predicted molar refractivity (Wildman–Crippen MR) is 108 cm³/mol. The number of aromatic nitrogens is 4. The van der Waals surface area contributed by atoms with Gasteiger partial charge in [0, 0.05) is 5.56 Å². The maximum atomic E-state index is 13.0. The summed E-state index contributed by atoms with van der Waals surface area (Å²) in [6.45, 7) is 0. The molecule has 2 heterocycles. The fraction of sp³-hybridized carbons (Fsp3) is 0. The highest BCUT2D eigenvalue weighted by atomic mass is 32.2. The number of fused-ring (bicyclic) bond motifs is 2. The Morgan fingerprint density at radius 3 is 2.03 bits per heavy atom. The Bertz CT molecular complexity index is 1480. The Hall–Kier alpha value is -3.78. The Balaban J connectivity index is 1.52. The van der Waals surface area contributed by atoms with Crippen LogP contribution in [0.4, 0.5) is 0 Å². The summed E-state index contributed by atoms with van der Waals surface area (Å²) >= 11 is 0. The van der Waals surface area contributed by atoms with Crippen molar-refractivity contribution in [1.29, 1.82) is 0 Å². The molecule has 0 atom stereocenters. The molecule has 5 aromatic rings. The maximum Gasteiger partial charge on any atom is 0.269 e. The van der Waals surface area contributed by atoms with E-state index >= 15 is 0 Å². The molecule has 3 aromatic carbocycles. The number of benzene rings is 3. The molecule has 29 heavy (non-hydrogen) atoms. The molecular formula is C21H14N4O3S. The quantitative estimate of drug-likeness (QED) is 0.462. The van der Waals surface area contributed by atoms with Gasteiger partial charge in [0.05, 0.1) is 27.0 Å². The van der Waals surface area contributed by atoms with E-state index in [1.165, 1.54) is 41.5 Å². The topological polar surface area (TPSA) is 86.9 Å². The summed E-state index contributed by atoms with van der Waals surface area (Å²) in [5.41, 5.74) is 2.86. The number of carbonyl (C=O) groups is 1. The molecule has 5 rings (SSSR count). The third-order valence-electron chi connectivity index (χ3n) is 4.75. The SMILES string of the molecule is O=C(c1ccc(S(=O)(=O)n2cnc3ccccc32)cc1)n1cnc2ccccc21. The molecule has 7 nitrogen and oxygen atoms in total. The lowest BCUT2D eigenvalue weighted by atomic mass is 10.2. The van der Waals surface area contributed by atoms with Gasteiger partial charge in [-0.3, -0.25) is 9.36 Å². The zero-order valence-electron chi connectivity index (χ0n) is 15.0. The van der Waals surface area contributed by atoms with Gasteiger partial charge in [-0.05, 0) is 48.5 Å². The highest BCUT2D eigenvalue weighted by Gasteiger charge is 2.20. The standard InChI is InChI=1S/C21H14N4O3S/c26-21(24-13-22-17-5-1-3-7-19(17)24)15-9-11-16(12-10-15)29(27,28)25-14-23-18-6-2-4-8-20(18)25/h1-14H. The van der Waals surface area contributed by atoms with E-state index in [2.05, 4.69) is 9.97 Å². The number of carbonyl (C=O) groups excluding carboxylic acids is 1. The minimum Gasteiger partial charge on any atom is -0.268 e. The average Bonchev–Trinajstić information content (AvgIpc) is 3.38. The fourth-order valence-corrected chi connectivity index (χ4v) is 4.56. The van der Waals surface area contributed by atoms with Crippen LogP contribution in [0, 0.1) is 0 Å². The molecular weight excluding hydrogens is 388 g/mol. The van der Waals surface area contributed by atoms with E-state index in [1.807, 2.05) is 24.3 Å². The summed E-state index contributed by atoms with van der Waals surface area (Å²) in [6.07, 6.45) is 2.76. The van der Waals surface area contributed by atoms with Gasteiger partial charge in [0.2, 0.25) is 0 Å². The van der Waals surface area contributed by atoms with Crippen molar-refractivity contribution < 1.29 is 13.2 Å². The first-order chi connectivity index (χ1) is 14.1. The highest BCUT2D eigenvalue weighted by Crippen LogP contribution is 2.21. The first-order valence-corrected chi connectivity index (χ1v) is 10.2. The average molecular weight is 402 g/mol. The van der Waals surface area contributed by atoms with Crippen molar-refractivity contribution in [2.45, 2.75) is 4.90 Å². The smallest absolute Gasteiger partial charge is 0.268 e. The summed E-state index contributed by atoms with van der Waals surface area (Å²) in [6, 6.07) is 20.2. The summed E-state index contributed by atoms with van der Waals surface area (Å²) in [5, 5.41) is 0. The number of nitrogens with zero attached hydrogens (tertiary/aromatic N) is 4. The van der Waals surface area contributed by atoms with Crippen LogP contribution in [0.25, 0.3) is 22.1 Å². The number of imidazole rings is 2. The van der Waals surface area contributed by atoms with Gasteiger partial charge in [-0.2, -0.15) is 0 Å². The van der Waals surface area contributed by atoms with E-state index in [1.54, 1.807) is 24.3 Å². The molecule has 8 heteroatoms.